The predicted molar refractivity (Wildman–Crippen MR) is 81.7 cm³/mol. The second-order valence-electron chi connectivity index (χ2n) is 4.52. The minimum Gasteiger partial charge on any atom is -0.455 e. The van der Waals surface area contributed by atoms with Crippen LogP contribution in [0.25, 0.3) is 22.3 Å². The van der Waals surface area contributed by atoms with Gasteiger partial charge in [-0.2, -0.15) is 0 Å². The Morgan fingerprint density at radius 3 is 2.50 bits per heavy atom. The summed E-state index contributed by atoms with van der Waals surface area (Å²) < 4.78 is 5.76. The molecule has 0 N–H and O–H groups in total. The average molecular weight is 305 g/mol. The van der Waals surface area contributed by atoms with E-state index < -0.39 is 0 Å². The zero-order valence-corrected chi connectivity index (χ0v) is 12.1. The second kappa shape index (κ2) is 4.97. The minimum absolute atomic E-state index is 0.0609. The molecule has 0 aliphatic rings. The maximum Gasteiger partial charge on any atom is 0.161 e. The monoisotopic (exact) mass is 304 g/mol. The predicted octanol–water partition coefficient (Wildman–Crippen LogP) is 5.61. The van der Waals surface area contributed by atoms with Gasteiger partial charge in [-0.25, -0.2) is 0 Å². The summed E-state index contributed by atoms with van der Waals surface area (Å²) in [7, 11) is 0. The first-order valence-corrected chi connectivity index (χ1v) is 6.81. The first kappa shape index (κ1) is 13.2. The number of hydrogen-bond acceptors (Lipinski definition) is 2. The number of para-hydroxylation sites is 1. The highest BCUT2D eigenvalue weighted by Gasteiger charge is 2.11. The standard InChI is InChI=1S/C16H10Cl2O2/c1-9(19)12-6-5-10(7-14(12)18)15-8-11-3-2-4-13(17)16(11)20-15/h2-8H,1H3. The normalized spacial score (nSPS) is 10.9. The van der Waals surface area contributed by atoms with Crippen LogP contribution in [0.4, 0.5) is 0 Å². The Balaban J connectivity index is 2.13. The van der Waals surface area contributed by atoms with Crippen molar-refractivity contribution in [2.75, 3.05) is 0 Å². The molecule has 0 amide bonds. The van der Waals surface area contributed by atoms with E-state index in [1.807, 2.05) is 24.3 Å². The third-order valence-corrected chi connectivity index (χ3v) is 3.74. The zero-order valence-electron chi connectivity index (χ0n) is 10.6. The maximum atomic E-state index is 11.4. The van der Waals surface area contributed by atoms with Gasteiger partial charge in [0, 0.05) is 16.5 Å². The fourth-order valence-electron chi connectivity index (χ4n) is 2.12. The van der Waals surface area contributed by atoms with Gasteiger partial charge < -0.3 is 4.42 Å². The van der Waals surface area contributed by atoms with Gasteiger partial charge in [0.05, 0.1) is 10.0 Å². The van der Waals surface area contributed by atoms with Crippen molar-refractivity contribution >= 4 is 40.0 Å². The zero-order chi connectivity index (χ0) is 14.3. The summed E-state index contributed by atoms with van der Waals surface area (Å²) in [5.41, 5.74) is 1.97. The quantitative estimate of drug-likeness (QED) is 0.576. The molecule has 1 heterocycles. The van der Waals surface area contributed by atoms with E-state index in [2.05, 4.69) is 0 Å². The largest absolute Gasteiger partial charge is 0.455 e. The number of furan rings is 1. The lowest BCUT2D eigenvalue weighted by molar-refractivity contribution is 0.101. The fourth-order valence-corrected chi connectivity index (χ4v) is 2.66. The molecule has 4 heteroatoms. The van der Waals surface area contributed by atoms with Gasteiger partial charge in [-0.05, 0) is 31.2 Å². The highest BCUT2D eigenvalue weighted by Crippen LogP contribution is 2.33. The van der Waals surface area contributed by atoms with Gasteiger partial charge in [0.2, 0.25) is 0 Å². The van der Waals surface area contributed by atoms with Gasteiger partial charge in [-0.3, -0.25) is 4.79 Å². The molecule has 20 heavy (non-hydrogen) atoms. The number of benzene rings is 2. The summed E-state index contributed by atoms with van der Waals surface area (Å²) in [4.78, 5) is 11.4. The van der Waals surface area contributed by atoms with Crippen molar-refractivity contribution in [3.8, 4) is 11.3 Å². The van der Waals surface area contributed by atoms with E-state index in [0.717, 1.165) is 10.9 Å². The van der Waals surface area contributed by atoms with Gasteiger partial charge in [-0.1, -0.05) is 41.4 Å². The van der Waals surface area contributed by atoms with E-state index in [4.69, 9.17) is 27.6 Å². The Bertz CT molecular complexity index is 818. The third-order valence-electron chi connectivity index (χ3n) is 3.13. The topological polar surface area (TPSA) is 30.2 Å². The summed E-state index contributed by atoms with van der Waals surface area (Å²) in [6, 6.07) is 12.7. The Kier molecular flexibility index (Phi) is 3.28. The lowest BCUT2D eigenvalue weighted by Crippen LogP contribution is -1.92. The van der Waals surface area contributed by atoms with E-state index >= 15 is 0 Å². The number of fused-ring (bicyclic) bond motifs is 1. The molecule has 0 radical (unpaired) electrons. The van der Waals surface area contributed by atoms with Crippen LogP contribution in [0.15, 0.2) is 46.9 Å². The van der Waals surface area contributed by atoms with Crippen LogP contribution in [0.3, 0.4) is 0 Å². The molecule has 2 aromatic carbocycles. The van der Waals surface area contributed by atoms with E-state index in [9.17, 15) is 4.79 Å². The van der Waals surface area contributed by atoms with Gasteiger partial charge >= 0.3 is 0 Å². The number of halogens is 2. The van der Waals surface area contributed by atoms with Crippen LogP contribution >= 0.6 is 23.2 Å². The molecular weight excluding hydrogens is 295 g/mol. The van der Waals surface area contributed by atoms with Crippen LogP contribution in [-0.2, 0) is 0 Å². The number of hydrogen-bond donors (Lipinski definition) is 0. The lowest BCUT2D eigenvalue weighted by Gasteiger charge is -2.02. The number of carbonyl (C=O) groups is 1. The highest BCUT2D eigenvalue weighted by molar-refractivity contribution is 6.35. The van der Waals surface area contributed by atoms with Crippen molar-refractivity contribution in [3.05, 3.63) is 58.1 Å². The smallest absolute Gasteiger partial charge is 0.161 e. The molecule has 0 aliphatic heterocycles. The van der Waals surface area contributed by atoms with Gasteiger partial charge in [0.25, 0.3) is 0 Å². The van der Waals surface area contributed by atoms with E-state index in [0.29, 0.717) is 27.0 Å². The van der Waals surface area contributed by atoms with Crippen LogP contribution in [0, 0.1) is 0 Å². The van der Waals surface area contributed by atoms with Crippen LogP contribution in [0.1, 0.15) is 17.3 Å². The summed E-state index contributed by atoms with van der Waals surface area (Å²) in [5, 5.41) is 1.92. The van der Waals surface area contributed by atoms with Crippen molar-refractivity contribution < 1.29 is 9.21 Å². The first-order valence-electron chi connectivity index (χ1n) is 6.05. The number of rotatable bonds is 2. The van der Waals surface area contributed by atoms with Crippen LogP contribution < -0.4 is 0 Å². The second-order valence-corrected chi connectivity index (χ2v) is 5.33. The third kappa shape index (κ3) is 2.21. The van der Waals surface area contributed by atoms with E-state index in [-0.39, 0.29) is 5.78 Å². The van der Waals surface area contributed by atoms with Crippen LogP contribution in [0.5, 0.6) is 0 Å². The molecular formula is C16H10Cl2O2. The van der Waals surface area contributed by atoms with Crippen LogP contribution in [-0.4, -0.2) is 5.78 Å². The molecule has 0 atom stereocenters. The molecule has 1 aromatic heterocycles. The molecule has 0 fully saturated rings. The molecule has 0 saturated heterocycles. The van der Waals surface area contributed by atoms with Gasteiger partial charge in [-0.15, -0.1) is 0 Å². The minimum atomic E-state index is -0.0609. The fraction of sp³-hybridized carbons (Fsp3) is 0.0625. The summed E-state index contributed by atoms with van der Waals surface area (Å²) in [5.74, 6) is 0.610. The van der Waals surface area contributed by atoms with E-state index in [1.165, 1.54) is 6.92 Å². The number of ketones is 1. The molecule has 3 aromatic rings. The molecule has 0 aliphatic carbocycles. The number of carbonyl (C=O) groups excluding carboxylic acids is 1. The highest BCUT2D eigenvalue weighted by atomic mass is 35.5. The first-order chi connectivity index (χ1) is 9.56. The van der Waals surface area contributed by atoms with Crippen LogP contribution in [0.2, 0.25) is 10.0 Å². The molecule has 0 bridgehead atoms. The average Bonchev–Trinajstić information content (AvgIpc) is 2.83. The SMILES string of the molecule is CC(=O)c1ccc(-c2cc3cccc(Cl)c3o2)cc1Cl. The molecule has 2 nitrogen and oxygen atoms in total. The van der Waals surface area contributed by atoms with Crippen molar-refractivity contribution in [1.29, 1.82) is 0 Å². The van der Waals surface area contributed by atoms with Crippen molar-refractivity contribution in [2.45, 2.75) is 6.92 Å². The summed E-state index contributed by atoms with van der Waals surface area (Å²) in [6.45, 7) is 1.49. The lowest BCUT2D eigenvalue weighted by atomic mass is 10.1. The van der Waals surface area contributed by atoms with Gasteiger partial charge in [0.1, 0.15) is 5.76 Å². The molecule has 0 saturated carbocycles. The van der Waals surface area contributed by atoms with Crippen molar-refractivity contribution in [3.63, 3.8) is 0 Å². The van der Waals surface area contributed by atoms with Gasteiger partial charge in [0.15, 0.2) is 11.4 Å². The van der Waals surface area contributed by atoms with Crippen molar-refractivity contribution in [2.24, 2.45) is 0 Å². The molecule has 0 spiro atoms. The van der Waals surface area contributed by atoms with E-state index in [1.54, 1.807) is 18.2 Å². The molecule has 100 valence electrons. The Morgan fingerprint density at radius 1 is 1.05 bits per heavy atom. The number of Topliss-reactive ketones (excluding diaryl/α,β-unsaturated/α-hetero) is 1. The summed E-state index contributed by atoms with van der Waals surface area (Å²) >= 11 is 12.2. The Labute approximate surface area is 125 Å². The summed E-state index contributed by atoms with van der Waals surface area (Å²) in [6.07, 6.45) is 0. The Morgan fingerprint density at radius 2 is 1.85 bits per heavy atom. The Hall–Kier alpha value is -1.77. The maximum absolute atomic E-state index is 11.4. The van der Waals surface area contributed by atoms with Crippen molar-refractivity contribution in [1.82, 2.24) is 0 Å². The molecule has 3 rings (SSSR count). The molecule has 0 unspecified atom stereocenters.